The second-order valence-electron chi connectivity index (χ2n) is 5.12. The molecule has 1 aromatic carbocycles. The van der Waals surface area contributed by atoms with Crippen molar-refractivity contribution in [3.63, 3.8) is 0 Å². The molecule has 0 fully saturated rings. The Morgan fingerprint density at radius 2 is 2.10 bits per heavy atom. The van der Waals surface area contributed by atoms with Crippen LogP contribution in [0.4, 0.5) is 0 Å². The molecule has 0 amide bonds. The van der Waals surface area contributed by atoms with Gasteiger partial charge in [0, 0.05) is 27.6 Å². The third-order valence-corrected chi connectivity index (χ3v) is 3.99. The number of hydrogen-bond donors (Lipinski definition) is 2. The summed E-state index contributed by atoms with van der Waals surface area (Å²) in [6, 6.07) is 5.48. The molecule has 2 rings (SSSR count). The second kappa shape index (κ2) is 6.16. The second-order valence-corrected chi connectivity index (χ2v) is 6.04. The zero-order valence-electron chi connectivity index (χ0n) is 11.6. The number of nitrogens with one attached hydrogen (secondary N) is 1. The van der Waals surface area contributed by atoms with E-state index >= 15 is 0 Å². The number of methoxy groups -OCH3 is 1. The molecule has 6 heteroatoms. The highest BCUT2D eigenvalue weighted by Crippen LogP contribution is 2.36. The Balaban J connectivity index is 0.00000200. The van der Waals surface area contributed by atoms with Crippen LogP contribution < -0.4 is 5.73 Å². The van der Waals surface area contributed by atoms with Crippen LogP contribution in [0.2, 0.25) is 0 Å². The van der Waals surface area contributed by atoms with Gasteiger partial charge >= 0.3 is 5.97 Å². The largest absolute Gasteiger partial charge is 0.469 e. The highest BCUT2D eigenvalue weighted by atomic mass is 79.9. The number of carbonyl (C=O) groups is 1. The normalized spacial score (nSPS) is 12.8. The summed E-state index contributed by atoms with van der Waals surface area (Å²) in [5.74, 6) is -0.315. The highest BCUT2D eigenvalue weighted by Gasteiger charge is 2.37. The molecule has 4 nitrogen and oxygen atoms in total. The first-order valence-electron chi connectivity index (χ1n) is 5.98. The number of fused-ring (bicyclic) bond motifs is 1. The average Bonchev–Trinajstić information content (AvgIpc) is 2.79. The number of benzene rings is 1. The van der Waals surface area contributed by atoms with E-state index in [-0.39, 0.29) is 18.4 Å². The number of rotatable bonds is 3. The smallest absolute Gasteiger partial charge is 0.313 e. The van der Waals surface area contributed by atoms with E-state index in [0.29, 0.717) is 0 Å². The first-order valence-corrected chi connectivity index (χ1v) is 6.77. The molecule has 0 saturated heterocycles. The van der Waals surface area contributed by atoms with E-state index in [9.17, 15) is 4.79 Å². The maximum absolute atomic E-state index is 11.9. The fourth-order valence-electron chi connectivity index (χ4n) is 2.15. The number of aromatic nitrogens is 1. The number of aromatic amines is 1. The minimum Gasteiger partial charge on any atom is -0.469 e. The number of hydrogen-bond acceptors (Lipinski definition) is 3. The molecule has 1 aromatic heterocycles. The first-order chi connectivity index (χ1) is 8.87. The van der Waals surface area contributed by atoms with Gasteiger partial charge in [0.15, 0.2) is 0 Å². The Hall–Kier alpha value is -1.04. The van der Waals surface area contributed by atoms with Gasteiger partial charge in [-0.2, -0.15) is 0 Å². The monoisotopic (exact) mass is 360 g/mol. The van der Waals surface area contributed by atoms with E-state index in [1.807, 2.05) is 24.4 Å². The van der Waals surface area contributed by atoms with E-state index in [1.165, 1.54) is 7.11 Å². The molecule has 0 bridgehead atoms. The van der Waals surface area contributed by atoms with Crippen LogP contribution in [0.25, 0.3) is 10.9 Å². The lowest BCUT2D eigenvalue weighted by Crippen LogP contribution is -2.37. The van der Waals surface area contributed by atoms with Crippen molar-refractivity contribution in [2.75, 3.05) is 7.11 Å². The predicted molar refractivity (Wildman–Crippen MR) is 86.0 cm³/mol. The van der Waals surface area contributed by atoms with Crippen molar-refractivity contribution >= 4 is 45.2 Å². The molecule has 2 aromatic rings. The fraction of sp³-hybridized carbons (Fsp3) is 0.357. The lowest BCUT2D eigenvalue weighted by atomic mass is 9.81. The maximum atomic E-state index is 11.9. The van der Waals surface area contributed by atoms with E-state index in [1.54, 1.807) is 13.8 Å². The summed E-state index contributed by atoms with van der Waals surface area (Å²) in [6.45, 7) is 3.58. The Morgan fingerprint density at radius 1 is 1.45 bits per heavy atom. The van der Waals surface area contributed by atoms with Gasteiger partial charge in [-0.25, -0.2) is 0 Å². The molecule has 0 unspecified atom stereocenters. The van der Waals surface area contributed by atoms with Crippen molar-refractivity contribution in [3.8, 4) is 0 Å². The summed E-state index contributed by atoms with van der Waals surface area (Å²) in [5, 5.41) is 1.01. The van der Waals surface area contributed by atoms with Crippen LogP contribution in [-0.2, 0) is 9.53 Å². The fourth-order valence-corrected chi connectivity index (χ4v) is 2.51. The van der Waals surface area contributed by atoms with Crippen molar-refractivity contribution in [3.05, 3.63) is 34.4 Å². The Labute approximate surface area is 132 Å². The van der Waals surface area contributed by atoms with Gasteiger partial charge in [-0.05, 0) is 37.6 Å². The molecule has 0 aliphatic heterocycles. The number of nitrogens with two attached hydrogens (primary N) is 1. The molecule has 0 radical (unpaired) electrons. The zero-order valence-corrected chi connectivity index (χ0v) is 14.0. The number of esters is 1. The minimum atomic E-state index is -0.786. The van der Waals surface area contributed by atoms with E-state index in [2.05, 4.69) is 20.9 Å². The minimum absolute atomic E-state index is 0. The van der Waals surface area contributed by atoms with Crippen LogP contribution in [0, 0.1) is 5.41 Å². The topological polar surface area (TPSA) is 68.1 Å². The van der Waals surface area contributed by atoms with Gasteiger partial charge in [-0.15, -0.1) is 12.4 Å². The van der Waals surface area contributed by atoms with Gasteiger partial charge in [-0.1, -0.05) is 15.9 Å². The van der Waals surface area contributed by atoms with Crippen molar-refractivity contribution in [1.82, 2.24) is 4.98 Å². The van der Waals surface area contributed by atoms with Crippen molar-refractivity contribution < 1.29 is 9.53 Å². The van der Waals surface area contributed by atoms with E-state index in [0.717, 1.165) is 20.9 Å². The van der Waals surface area contributed by atoms with Crippen LogP contribution in [0.1, 0.15) is 25.5 Å². The van der Waals surface area contributed by atoms with Gasteiger partial charge in [-0.3, -0.25) is 4.79 Å². The van der Waals surface area contributed by atoms with Gasteiger partial charge in [0.1, 0.15) is 0 Å². The molecule has 110 valence electrons. The summed E-state index contributed by atoms with van der Waals surface area (Å²) in [7, 11) is 1.38. The molecule has 0 aliphatic carbocycles. The Bertz CT molecular complexity index is 625. The third kappa shape index (κ3) is 2.85. The summed E-state index contributed by atoms with van der Waals surface area (Å²) < 4.78 is 5.81. The lowest BCUT2D eigenvalue weighted by Gasteiger charge is -2.28. The summed E-state index contributed by atoms with van der Waals surface area (Å²) in [4.78, 5) is 15.0. The van der Waals surface area contributed by atoms with Crippen molar-refractivity contribution in [2.24, 2.45) is 11.1 Å². The summed E-state index contributed by atoms with van der Waals surface area (Å²) in [6.07, 6.45) is 1.85. The molecule has 1 atom stereocenters. The summed E-state index contributed by atoms with van der Waals surface area (Å²) in [5.41, 5.74) is 7.39. The standard InChI is InChI=1S/C14H17BrN2O2.ClH/c1-14(2,13(18)19-3)12(16)10-7-17-11-5-4-8(15)6-9(10)11;/h4-7,12,17H,16H2,1-3H3;1H/t12-;/m1./s1. The van der Waals surface area contributed by atoms with Crippen LogP contribution in [0.5, 0.6) is 0 Å². The molecule has 0 saturated carbocycles. The molecular formula is C14H18BrClN2O2. The third-order valence-electron chi connectivity index (χ3n) is 3.50. The number of halogens is 2. The number of H-pyrrole nitrogens is 1. The molecule has 3 N–H and O–H groups in total. The van der Waals surface area contributed by atoms with Gasteiger partial charge < -0.3 is 15.5 Å². The number of carbonyl (C=O) groups excluding carboxylic acids is 1. The van der Waals surface area contributed by atoms with Gasteiger partial charge in [0.25, 0.3) is 0 Å². The average molecular weight is 362 g/mol. The predicted octanol–water partition coefficient (Wildman–Crippen LogP) is 3.55. The zero-order chi connectivity index (χ0) is 14.2. The molecule has 0 aliphatic rings. The van der Waals surface area contributed by atoms with Gasteiger partial charge in [0.2, 0.25) is 0 Å². The highest BCUT2D eigenvalue weighted by molar-refractivity contribution is 9.10. The van der Waals surface area contributed by atoms with Crippen molar-refractivity contribution in [2.45, 2.75) is 19.9 Å². The molecule has 20 heavy (non-hydrogen) atoms. The Kier molecular flexibility index (Phi) is 5.24. The van der Waals surface area contributed by atoms with Crippen LogP contribution >= 0.6 is 28.3 Å². The maximum Gasteiger partial charge on any atom is 0.313 e. The Morgan fingerprint density at radius 3 is 2.70 bits per heavy atom. The lowest BCUT2D eigenvalue weighted by molar-refractivity contribution is -0.152. The van der Waals surface area contributed by atoms with Crippen LogP contribution in [0.3, 0.4) is 0 Å². The first kappa shape index (κ1) is 17.0. The van der Waals surface area contributed by atoms with Gasteiger partial charge in [0.05, 0.1) is 12.5 Å². The molecular weight excluding hydrogens is 344 g/mol. The van der Waals surface area contributed by atoms with Crippen LogP contribution in [-0.4, -0.2) is 18.1 Å². The van der Waals surface area contributed by atoms with Crippen molar-refractivity contribution in [1.29, 1.82) is 0 Å². The van der Waals surface area contributed by atoms with E-state index < -0.39 is 11.5 Å². The SMILES string of the molecule is COC(=O)C(C)(C)[C@H](N)c1c[nH]c2ccc(Br)cc12.Cl. The number of ether oxygens (including phenoxy) is 1. The molecule has 1 heterocycles. The quantitative estimate of drug-likeness (QED) is 0.821. The van der Waals surface area contributed by atoms with Crippen LogP contribution in [0.15, 0.2) is 28.9 Å². The summed E-state index contributed by atoms with van der Waals surface area (Å²) >= 11 is 3.45. The molecule has 0 spiro atoms. The van der Waals surface area contributed by atoms with E-state index in [4.69, 9.17) is 10.5 Å².